The van der Waals surface area contributed by atoms with E-state index in [9.17, 15) is 9.59 Å². The highest BCUT2D eigenvalue weighted by atomic mass is 32.2. The lowest BCUT2D eigenvalue weighted by atomic mass is 9.72. The molecule has 7 nitrogen and oxygen atoms in total. The number of esters is 1. The van der Waals surface area contributed by atoms with Crippen molar-refractivity contribution in [3.8, 4) is 11.4 Å². The minimum Gasteiger partial charge on any atom is -0.462 e. The Balaban J connectivity index is 1.49. The Bertz CT molecular complexity index is 1210. The van der Waals surface area contributed by atoms with Crippen LogP contribution in [-0.4, -0.2) is 39.0 Å². The molecule has 2 heterocycles. The van der Waals surface area contributed by atoms with Gasteiger partial charge in [-0.1, -0.05) is 62.9 Å². The Morgan fingerprint density at radius 1 is 1.23 bits per heavy atom. The number of nitrogens with zero attached hydrogens (tertiary/aromatic N) is 3. The molecule has 0 saturated heterocycles. The van der Waals surface area contributed by atoms with Gasteiger partial charge in [-0.2, -0.15) is 0 Å². The van der Waals surface area contributed by atoms with Crippen LogP contribution in [0.15, 0.2) is 35.5 Å². The molecule has 1 atom stereocenters. The van der Waals surface area contributed by atoms with Crippen molar-refractivity contribution in [2.45, 2.75) is 52.1 Å². The topological polar surface area (TPSA) is 86.1 Å². The number of carbonyl (C=O) groups is 2. The summed E-state index contributed by atoms with van der Waals surface area (Å²) < 4.78 is 7.23. The molecule has 1 aromatic carbocycles. The Labute approximate surface area is 214 Å². The first-order chi connectivity index (χ1) is 16.7. The van der Waals surface area contributed by atoms with E-state index in [4.69, 9.17) is 4.74 Å². The number of amides is 1. The van der Waals surface area contributed by atoms with Gasteiger partial charge in [0.15, 0.2) is 11.0 Å². The van der Waals surface area contributed by atoms with E-state index in [-0.39, 0.29) is 23.0 Å². The predicted molar refractivity (Wildman–Crippen MR) is 141 cm³/mol. The van der Waals surface area contributed by atoms with Gasteiger partial charge in [0.1, 0.15) is 5.00 Å². The molecule has 1 aliphatic carbocycles. The van der Waals surface area contributed by atoms with Gasteiger partial charge < -0.3 is 14.6 Å². The second kappa shape index (κ2) is 10.5. The fourth-order valence-corrected chi connectivity index (χ4v) is 6.45. The van der Waals surface area contributed by atoms with Crippen LogP contribution >= 0.6 is 23.1 Å². The lowest BCUT2D eigenvalue weighted by Gasteiger charge is -2.33. The van der Waals surface area contributed by atoms with Crippen LogP contribution in [0, 0.1) is 11.3 Å². The van der Waals surface area contributed by atoms with Crippen LogP contribution in [0.5, 0.6) is 0 Å². The van der Waals surface area contributed by atoms with Crippen LogP contribution < -0.4 is 5.32 Å². The maximum absolute atomic E-state index is 12.9. The maximum atomic E-state index is 12.9. The number of fused-ring (bicyclic) bond motifs is 1. The van der Waals surface area contributed by atoms with E-state index in [1.54, 1.807) is 6.92 Å². The summed E-state index contributed by atoms with van der Waals surface area (Å²) in [6.45, 7) is 8.88. The first-order valence-electron chi connectivity index (χ1n) is 11.9. The van der Waals surface area contributed by atoms with Gasteiger partial charge in [0.25, 0.3) is 0 Å². The lowest BCUT2D eigenvalue weighted by Crippen LogP contribution is -2.26. The van der Waals surface area contributed by atoms with Crippen molar-refractivity contribution in [2.24, 2.45) is 18.4 Å². The zero-order valence-corrected chi connectivity index (χ0v) is 22.5. The Morgan fingerprint density at radius 3 is 2.66 bits per heavy atom. The second-order valence-electron chi connectivity index (χ2n) is 9.80. The minimum absolute atomic E-state index is 0.163. The van der Waals surface area contributed by atoms with E-state index >= 15 is 0 Å². The van der Waals surface area contributed by atoms with E-state index in [1.165, 1.54) is 28.0 Å². The molecule has 1 aliphatic rings. The average Bonchev–Trinajstić information content (AvgIpc) is 3.37. The van der Waals surface area contributed by atoms with Gasteiger partial charge in [-0.15, -0.1) is 21.5 Å². The monoisotopic (exact) mass is 512 g/mol. The molecule has 1 N–H and O–H groups in total. The molecule has 9 heteroatoms. The van der Waals surface area contributed by atoms with Crippen molar-refractivity contribution >= 4 is 40.0 Å². The zero-order chi connectivity index (χ0) is 25.2. The molecule has 4 rings (SSSR count). The Hall–Kier alpha value is -2.65. The number of carbonyl (C=O) groups excluding carboxylic acids is 2. The van der Waals surface area contributed by atoms with E-state index < -0.39 is 0 Å². The number of rotatable bonds is 7. The molecule has 0 unspecified atom stereocenters. The lowest BCUT2D eigenvalue weighted by molar-refractivity contribution is -0.113. The minimum atomic E-state index is -0.358. The summed E-state index contributed by atoms with van der Waals surface area (Å²) in [4.78, 5) is 26.9. The summed E-state index contributed by atoms with van der Waals surface area (Å²) in [7, 11) is 1.89. The Morgan fingerprint density at radius 2 is 1.97 bits per heavy atom. The van der Waals surface area contributed by atoms with E-state index in [0.29, 0.717) is 28.2 Å². The standard InChI is InChI=1S/C26H32N4O3S2/c1-6-33-24(32)21-18-13-12-17(26(2,3)4)14-19(18)35-23(21)27-20(31)15-34-25-29-28-22(30(25)5)16-10-8-7-9-11-16/h7-11,17H,6,12-15H2,1-5H3,(H,27,31)/t17-/m1/s1. The number of nitrogens with one attached hydrogen (secondary N) is 1. The van der Waals surface area contributed by atoms with Crippen molar-refractivity contribution in [3.05, 3.63) is 46.3 Å². The van der Waals surface area contributed by atoms with Crippen LogP contribution in [0.4, 0.5) is 5.00 Å². The van der Waals surface area contributed by atoms with Crippen LogP contribution in [0.25, 0.3) is 11.4 Å². The van der Waals surface area contributed by atoms with Crippen LogP contribution in [0.2, 0.25) is 0 Å². The van der Waals surface area contributed by atoms with Crippen LogP contribution in [0.1, 0.15) is 54.9 Å². The SMILES string of the molecule is CCOC(=O)c1c(NC(=O)CSc2nnc(-c3ccccc3)n2C)sc2c1CC[C@@H](C(C)(C)C)C2. The van der Waals surface area contributed by atoms with E-state index in [2.05, 4.69) is 36.3 Å². The number of anilines is 1. The fourth-order valence-electron chi connectivity index (χ4n) is 4.40. The highest BCUT2D eigenvalue weighted by molar-refractivity contribution is 7.99. The number of thiophene rings is 1. The second-order valence-corrected chi connectivity index (χ2v) is 11.8. The van der Waals surface area contributed by atoms with Gasteiger partial charge in [0, 0.05) is 17.5 Å². The fraction of sp³-hybridized carbons (Fsp3) is 0.462. The average molecular weight is 513 g/mol. The van der Waals surface area contributed by atoms with Crippen molar-refractivity contribution in [3.63, 3.8) is 0 Å². The largest absolute Gasteiger partial charge is 0.462 e. The number of thioether (sulfide) groups is 1. The highest BCUT2D eigenvalue weighted by Crippen LogP contribution is 2.44. The van der Waals surface area contributed by atoms with Gasteiger partial charge >= 0.3 is 5.97 Å². The van der Waals surface area contributed by atoms with Gasteiger partial charge in [-0.25, -0.2) is 4.79 Å². The molecule has 2 aromatic heterocycles. The number of benzene rings is 1. The third kappa shape index (κ3) is 5.62. The summed E-state index contributed by atoms with van der Waals surface area (Å²) >= 11 is 2.83. The van der Waals surface area contributed by atoms with E-state index in [0.717, 1.165) is 36.2 Å². The first-order valence-corrected chi connectivity index (χ1v) is 13.7. The normalized spacial score (nSPS) is 15.5. The van der Waals surface area contributed by atoms with Crippen molar-refractivity contribution in [2.75, 3.05) is 17.7 Å². The zero-order valence-electron chi connectivity index (χ0n) is 20.9. The molecule has 186 valence electrons. The van der Waals surface area contributed by atoms with Gasteiger partial charge in [0.2, 0.25) is 5.91 Å². The Kier molecular flexibility index (Phi) is 7.66. The third-order valence-electron chi connectivity index (χ3n) is 6.42. The molecule has 0 radical (unpaired) electrons. The van der Waals surface area contributed by atoms with Crippen LogP contribution in [0.3, 0.4) is 0 Å². The number of ether oxygens (including phenoxy) is 1. The molecule has 0 aliphatic heterocycles. The molecule has 3 aromatic rings. The van der Waals surface area contributed by atoms with Crippen molar-refractivity contribution in [1.29, 1.82) is 0 Å². The third-order valence-corrected chi connectivity index (χ3v) is 8.61. The quantitative estimate of drug-likeness (QED) is 0.327. The summed E-state index contributed by atoms with van der Waals surface area (Å²) in [6, 6.07) is 9.82. The molecule has 0 fully saturated rings. The summed E-state index contributed by atoms with van der Waals surface area (Å²) in [5.41, 5.74) is 2.73. The molecule has 35 heavy (non-hydrogen) atoms. The number of aromatic nitrogens is 3. The molecule has 0 saturated carbocycles. The molecular weight excluding hydrogens is 480 g/mol. The molecular formula is C26H32N4O3S2. The van der Waals surface area contributed by atoms with E-state index in [1.807, 2.05) is 41.9 Å². The molecule has 0 bridgehead atoms. The highest BCUT2D eigenvalue weighted by Gasteiger charge is 2.34. The van der Waals surface area contributed by atoms with Crippen molar-refractivity contribution in [1.82, 2.24) is 14.8 Å². The molecule has 1 amide bonds. The van der Waals surface area contributed by atoms with Crippen LogP contribution in [-0.2, 0) is 29.4 Å². The van der Waals surface area contributed by atoms with Gasteiger partial charge in [0.05, 0.1) is 17.9 Å². The predicted octanol–water partition coefficient (Wildman–Crippen LogP) is 5.60. The molecule has 0 spiro atoms. The first kappa shape index (κ1) is 25.4. The van der Waals surface area contributed by atoms with Gasteiger partial charge in [-0.3, -0.25) is 4.79 Å². The smallest absolute Gasteiger partial charge is 0.341 e. The number of hydrogen-bond donors (Lipinski definition) is 1. The van der Waals surface area contributed by atoms with Crippen molar-refractivity contribution < 1.29 is 14.3 Å². The summed E-state index contributed by atoms with van der Waals surface area (Å²) in [6.07, 6.45) is 2.77. The summed E-state index contributed by atoms with van der Waals surface area (Å²) in [5, 5.41) is 12.8. The summed E-state index contributed by atoms with van der Waals surface area (Å²) in [5.74, 6) is 0.907. The number of hydrogen-bond acceptors (Lipinski definition) is 7. The maximum Gasteiger partial charge on any atom is 0.341 e. The van der Waals surface area contributed by atoms with Gasteiger partial charge in [-0.05, 0) is 43.1 Å².